The molecule has 0 aliphatic carbocycles. The highest BCUT2D eigenvalue weighted by atomic mass is 16.4. The lowest BCUT2D eigenvalue weighted by atomic mass is 9.84. The number of aliphatic hydroxyl groups is 3. The summed E-state index contributed by atoms with van der Waals surface area (Å²) in [6, 6.07) is 0. The summed E-state index contributed by atoms with van der Waals surface area (Å²) in [6.07, 6.45) is 31.5. The molecular formula is C31H48O5. The third-order valence-corrected chi connectivity index (χ3v) is 5.82. The summed E-state index contributed by atoms with van der Waals surface area (Å²) in [5.41, 5.74) is -2.63. The molecule has 0 saturated heterocycles. The van der Waals surface area contributed by atoms with Gasteiger partial charge in [0.15, 0.2) is 11.6 Å². The van der Waals surface area contributed by atoms with Gasteiger partial charge in [0.2, 0.25) is 5.60 Å². The van der Waals surface area contributed by atoms with Gasteiger partial charge in [-0.25, -0.2) is 0 Å². The summed E-state index contributed by atoms with van der Waals surface area (Å²) >= 11 is 0. The van der Waals surface area contributed by atoms with E-state index < -0.39 is 29.9 Å². The molecule has 0 aliphatic heterocycles. The highest BCUT2D eigenvalue weighted by Gasteiger charge is 2.47. The van der Waals surface area contributed by atoms with Crippen molar-refractivity contribution in [3.05, 3.63) is 72.9 Å². The average Bonchev–Trinajstić information content (AvgIpc) is 2.88. The summed E-state index contributed by atoms with van der Waals surface area (Å²) in [7, 11) is 0. The molecule has 0 aliphatic rings. The zero-order valence-electron chi connectivity index (χ0n) is 22.4. The van der Waals surface area contributed by atoms with Gasteiger partial charge < -0.3 is 15.3 Å². The number of carbonyl (C=O) groups excluding carboxylic acids is 2. The zero-order valence-corrected chi connectivity index (χ0v) is 22.4. The molecule has 0 aromatic carbocycles. The maximum atomic E-state index is 12.5. The van der Waals surface area contributed by atoms with Crippen LogP contribution in [-0.4, -0.2) is 45.2 Å². The second-order valence-electron chi connectivity index (χ2n) is 8.95. The maximum Gasteiger partial charge on any atom is 0.213 e. The second kappa shape index (κ2) is 23.1. The third kappa shape index (κ3) is 15.6. The average molecular weight is 501 g/mol. The van der Waals surface area contributed by atoms with Gasteiger partial charge in [-0.15, -0.1) is 0 Å². The summed E-state index contributed by atoms with van der Waals surface area (Å²) < 4.78 is 0. The van der Waals surface area contributed by atoms with Crippen LogP contribution < -0.4 is 0 Å². The standard InChI is InChI=1S/C31H48O5/c1-3-5-7-9-10-11-12-13-14-15-16-17-18-19-20-22-24-26-29(34)31(36,30(35)27-32)28(33)25-23-21-8-6-4-2/h12-20,22,24,26,30,32,35-36H,3-11,21,23,25,27H2,1-2H3. The van der Waals surface area contributed by atoms with E-state index in [4.69, 9.17) is 0 Å². The monoisotopic (exact) mass is 500 g/mol. The molecule has 0 aromatic rings. The van der Waals surface area contributed by atoms with Crippen molar-refractivity contribution >= 4 is 11.6 Å². The van der Waals surface area contributed by atoms with Crippen LogP contribution in [0.15, 0.2) is 72.9 Å². The Morgan fingerprint density at radius 1 is 0.694 bits per heavy atom. The fraction of sp³-hybridized carbons (Fsp3) is 0.548. The van der Waals surface area contributed by atoms with Crippen LogP contribution in [0, 0.1) is 0 Å². The SMILES string of the molecule is CCCCCCCC=CC=CC=CC=CC=CC=CC(=O)C(O)(C(=O)CCCCCCC)C(O)CO. The summed E-state index contributed by atoms with van der Waals surface area (Å²) in [5, 5.41) is 29.9. The molecule has 0 radical (unpaired) electrons. The number of ketones is 2. The summed E-state index contributed by atoms with van der Waals surface area (Å²) in [6.45, 7) is 3.42. The van der Waals surface area contributed by atoms with Crippen molar-refractivity contribution in [2.45, 2.75) is 103 Å². The Morgan fingerprint density at radius 2 is 1.17 bits per heavy atom. The van der Waals surface area contributed by atoms with Gasteiger partial charge in [-0.2, -0.15) is 0 Å². The van der Waals surface area contributed by atoms with Gasteiger partial charge in [0.1, 0.15) is 6.10 Å². The quantitative estimate of drug-likeness (QED) is 0.0705. The van der Waals surface area contributed by atoms with E-state index in [1.54, 1.807) is 18.2 Å². The number of rotatable bonds is 22. The Kier molecular flexibility index (Phi) is 21.6. The van der Waals surface area contributed by atoms with E-state index in [1.165, 1.54) is 38.2 Å². The van der Waals surface area contributed by atoms with E-state index in [0.29, 0.717) is 6.42 Å². The molecule has 0 heterocycles. The van der Waals surface area contributed by atoms with Gasteiger partial charge in [0.25, 0.3) is 0 Å². The van der Waals surface area contributed by atoms with Gasteiger partial charge in [-0.05, 0) is 25.3 Å². The highest BCUT2D eigenvalue weighted by Crippen LogP contribution is 2.19. The number of allylic oxidation sites excluding steroid dienone is 11. The molecule has 5 heteroatoms. The van der Waals surface area contributed by atoms with Crippen molar-refractivity contribution in [2.75, 3.05) is 6.61 Å². The van der Waals surface area contributed by atoms with Crippen LogP contribution in [-0.2, 0) is 9.59 Å². The number of hydrogen-bond acceptors (Lipinski definition) is 5. The van der Waals surface area contributed by atoms with Crippen LogP contribution in [0.25, 0.3) is 0 Å². The lowest BCUT2D eigenvalue weighted by Crippen LogP contribution is -2.56. The van der Waals surface area contributed by atoms with Crippen molar-refractivity contribution in [3.63, 3.8) is 0 Å². The normalized spacial score (nSPS) is 15.4. The molecule has 0 rings (SSSR count). The van der Waals surface area contributed by atoms with Crippen LogP contribution in [0.4, 0.5) is 0 Å². The molecule has 202 valence electrons. The van der Waals surface area contributed by atoms with Gasteiger partial charge >= 0.3 is 0 Å². The first-order valence-electron chi connectivity index (χ1n) is 13.5. The molecule has 0 amide bonds. The Bertz CT molecular complexity index is 757. The predicted molar refractivity (Wildman–Crippen MR) is 150 cm³/mol. The van der Waals surface area contributed by atoms with Crippen molar-refractivity contribution in [1.82, 2.24) is 0 Å². The largest absolute Gasteiger partial charge is 0.394 e. The van der Waals surface area contributed by atoms with Crippen LogP contribution >= 0.6 is 0 Å². The first kappa shape index (κ1) is 33.7. The molecule has 5 nitrogen and oxygen atoms in total. The number of unbranched alkanes of at least 4 members (excludes halogenated alkanes) is 9. The fourth-order valence-electron chi connectivity index (χ4n) is 3.52. The first-order valence-corrected chi connectivity index (χ1v) is 13.5. The van der Waals surface area contributed by atoms with Crippen molar-refractivity contribution < 1.29 is 24.9 Å². The molecule has 0 spiro atoms. The molecule has 0 saturated carbocycles. The molecule has 0 fully saturated rings. The van der Waals surface area contributed by atoms with Crippen molar-refractivity contribution in [2.24, 2.45) is 0 Å². The molecule has 36 heavy (non-hydrogen) atoms. The van der Waals surface area contributed by atoms with Crippen LogP contribution in [0.2, 0.25) is 0 Å². The van der Waals surface area contributed by atoms with Gasteiger partial charge in [-0.3, -0.25) is 9.59 Å². The van der Waals surface area contributed by atoms with E-state index in [1.807, 2.05) is 30.4 Å². The molecule has 2 atom stereocenters. The maximum absolute atomic E-state index is 12.5. The fourth-order valence-corrected chi connectivity index (χ4v) is 3.52. The second-order valence-corrected chi connectivity index (χ2v) is 8.95. The van der Waals surface area contributed by atoms with E-state index >= 15 is 0 Å². The van der Waals surface area contributed by atoms with Crippen LogP contribution in [0.5, 0.6) is 0 Å². The third-order valence-electron chi connectivity index (χ3n) is 5.82. The van der Waals surface area contributed by atoms with E-state index in [2.05, 4.69) is 26.0 Å². The molecular weight excluding hydrogens is 452 g/mol. The molecule has 2 unspecified atom stereocenters. The lowest BCUT2D eigenvalue weighted by molar-refractivity contribution is -0.163. The number of Topliss-reactive ketones (excluding diaryl/α,β-unsaturated/α-hetero) is 1. The molecule has 3 N–H and O–H groups in total. The van der Waals surface area contributed by atoms with Gasteiger partial charge in [0.05, 0.1) is 6.61 Å². The molecule has 0 aromatic heterocycles. The Hall–Kier alpha value is -2.34. The zero-order chi connectivity index (χ0) is 26.9. The minimum Gasteiger partial charge on any atom is -0.394 e. The van der Waals surface area contributed by atoms with Crippen LogP contribution in [0.1, 0.15) is 90.9 Å². The number of carbonyl (C=O) groups is 2. The number of hydrogen-bond donors (Lipinski definition) is 3. The van der Waals surface area contributed by atoms with E-state index in [0.717, 1.165) is 38.2 Å². The summed E-state index contributed by atoms with van der Waals surface area (Å²) in [4.78, 5) is 25.0. The van der Waals surface area contributed by atoms with E-state index in [-0.39, 0.29) is 6.42 Å². The first-order chi connectivity index (χ1) is 17.4. The predicted octanol–water partition coefficient (Wildman–Crippen LogP) is 6.27. The Balaban J connectivity index is 4.53. The minimum absolute atomic E-state index is 0.0228. The number of aliphatic hydroxyl groups excluding tert-OH is 2. The summed E-state index contributed by atoms with van der Waals surface area (Å²) in [5.74, 6) is -1.70. The Labute approximate surface area is 218 Å². The lowest BCUT2D eigenvalue weighted by Gasteiger charge is -2.28. The topological polar surface area (TPSA) is 94.8 Å². The van der Waals surface area contributed by atoms with Crippen LogP contribution in [0.3, 0.4) is 0 Å². The van der Waals surface area contributed by atoms with Gasteiger partial charge in [0, 0.05) is 6.42 Å². The highest BCUT2D eigenvalue weighted by molar-refractivity contribution is 6.15. The smallest absolute Gasteiger partial charge is 0.213 e. The Morgan fingerprint density at radius 3 is 1.69 bits per heavy atom. The van der Waals surface area contributed by atoms with Gasteiger partial charge in [-0.1, -0.05) is 132 Å². The van der Waals surface area contributed by atoms with Crippen molar-refractivity contribution in [1.29, 1.82) is 0 Å². The molecule has 0 bridgehead atoms. The van der Waals surface area contributed by atoms with Crippen molar-refractivity contribution in [3.8, 4) is 0 Å². The minimum atomic E-state index is -2.63. The van der Waals surface area contributed by atoms with E-state index in [9.17, 15) is 24.9 Å².